The van der Waals surface area contributed by atoms with E-state index in [0.717, 1.165) is 38.0 Å². The van der Waals surface area contributed by atoms with Gasteiger partial charge in [0.25, 0.3) is 0 Å². The average Bonchev–Trinajstić information content (AvgIpc) is 2.91. The lowest BCUT2D eigenvalue weighted by molar-refractivity contribution is -0.122. The van der Waals surface area contributed by atoms with E-state index < -0.39 is 0 Å². The summed E-state index contributed by atoms with van der Waals surface area (Å²) in [6, 6.07) is 0. The lowest BCUT2D eigenvalue weighted by Gasteiger charge is -2.20. The number of hydrogen-bond donors (Lipinski definition) is 1. The molecule has 1 aromatic rings. The molecule has 0 bridgehead atoms. The molecule has 116 valence electrons. The van der Waals surface area contributed by atoms with Crippen LogP contribution in [0.4, 0.5) is 0 Å². The van der Waals surface area contributed by atoms with Crippen LogP contribution >= 0.6 is 0 Å². The first-order valence-corrected chi connectivity index (χ1v) is 8.63. The van der Waals surface area contributed by atoms with Gasteiger partial charge in [-0.1, -0.05) is 19.3 Å². The summed E-state index contributed by atoms with van der Waals surface area (Å²) in [5, 5.41) is 3.07. The summed E-state index contributed by atoms with van der Waals surface area (Å²) in [7, 11) is 0. The standard InChI is InChI=1S/C17H27N3O/c21-17(12-14-6-2-1-3-7-14)18-10-9-15-13-20-11-5-4-8-16(20)19-15/h13-14H,1-12H2,(H,18,21). The first-order valence-electron chi connectivity index (χ1n) is 8.63. The zero-order valence-electron chi connectivity index (χ0n) is 12.9. The number of nitrogens with zero attached hydrogens (tertiary/aromatic N) is 2. The Morgan fingerprint density at radius 2 is 2.10 bits per heavy atom. The van der Waals surface area contributed by atoms with Crippen molar-refractivity contribution >= 4 is 5.91 Å². The topological polar surface area (TPSA) is 46.9 Å². The van der Waals surface area contributed by atoms with Crippen molar-refractivity contribution < 1.29 is 4.79 Å². The highest BCUT2D eigenvalue weighted by molar-refractivity contribution is 5.76. The van der Waals surface area contributed by atoms with Crippen molar-refractivity contribution in [2.24, 2.45) is 5.92 Å². The summed E-state index contributed by atoms with van der Waals surface area (Å²) in [5.41, 5.74) is 1.13. The highest BCUT2D eigenvalue weighted by Crippen LogP contribution is 2.26. The molecular weight excluding hydrogens is 262 g/mol. The molecule has 3 rings (SSSR count). The number of fused-ring (bicyclic) bond motifs is 1. The molecule has 1 aliphatic carbocycles. The van der Waals surface area contributed by atoms with Crippen LogP contribution in [0.15, 0.2) is 6.20 Å². The molecule has 2 heterocycles. The third-order valence-corrected chi connectivity index (χ3v) is 4.86. The van der Waals surface area contributed by atoms with Crippen molar-refractivity contribution in [1.82, 2.24) is 14.9 Å². The Balaban J connectivity index is 1.39. The van der Waals surface area contributed by atoms with E-state index in [4.69, 9.17) is 0 Å². The van der Waals surface area contributed by atoms with Gasteiger partial charge < -0.3 is 9.88 Å². The fraction of sp³-hybridized carbons (Fsp3) is 0.765. The molecule has 2 aliphatic rings. The number of aryl methyl sites for hydroxylation is 2. The molecule has 1 saturated carbocycles. The van der Waals surface area contributed by atoms with Gasteiger partial charge in [-0.2, -0.15) is 0 Å². The van der Waals surface area contributed by atoms with E-state index in [1.807, 2.05) is 0 Å². The molecule has 4 nitrogen and oxygen atoms in total. The van der Waals surface area contributed by atoms with E-state index in [-0.39, 0.29) is 5.91 Å². The van der Waals surface area contributed by atoms with E-state index in [1.54, 1.807) is 0 Å². The van der Waals surface area contributed by atoms with Crippen LogP contribution in [0.3, 0.4) is 0 Å². The molecule has 0 unspecified atom stereocenters. The molecule has 0 radical (unpaired) electrons. The molecule has 0 atom stereocenters. The van der Waals surface area contributed by atoms with Gasteiger partial charge in [0.05, 0.1) is 5.69 Å². The number of amides is 1. The predicted octanol–water partition coefficient (Wildman–Crippen LogP) is 2.85. The van der Waals surface area contributed by atoms with Crippen molar-refractivity contribution in [2.75, 3.05) is 6.54 Å². The minimum Gasteiger partial charge on any atom is -0.356 e. The van der Waals surface area contributed by atoms with Crippen molar-refractivity contribution in [3.05, 3.63) is 17.7 Å². The van der Waals surface area contributed by atoms with E-state index in [0.29, 0.717) is 5.92 Å². The van der Waals surface area contributed by atoms with Gasteiger partial charge >= 0.3 is 0 Å². The molecule has 4 heteroatoms. The Morgan fingerprint density at radius 3 is 2.90 bits per heavy atom. The van der Waals surface area contributed by atoms with Crippen LogP contribution in [0.1, 0.15) is 62.9 Å². The Morgan fingerprint density at radius 1 is 1.24 bits per heavy atom. The first-order chi connectivity index (χ1) is 10.3. The zero-order valence-corrected chi connectivity index (χ0v) is 12.9. The minimum absolute atomic E-state index is 0.228. The SMILES string of the molecule is O=C(CC1CCCCC1)NCCc1cn2c(n1)CCCC2. The maximum atomic E-state index is 12.0. The predicted molar refractivity (Wildman–Crippen MR) is 83.1 cm³/mol. The number of carbonyl (C=O) groups excluding carboxylic acids is 1. The molecule has 0 saturated heterocycles. The van der Waals surface area contributed by atoms with Gasteiger partial charge in [-0.3, -0.25) is 4.79 Å². The monoisotopic (exact) mass is 289 g/mol. The first kappa shape index (κ1) is 14.6. The highest BCUT2D eigenvalue weighted by Gasteiger charge is 2.17. The summed E-state index contributed by atoms with van der Waals surface area (Å²) < 4.78 is 2.28. The van der Waals surface area contributed by atoms with Gasteiger partial charge in [-0.25, -0.2) is 4.98 Å². The summed E-state index contributed by atoms with van der Waals surface area (Å²) in [6.45, 7) is 1.83. The number of rotatable bonds is 5. The molecule has 1 N–H and O–H groups in total. The molecular formula is C17H27N3O. The molecule has 0 aromatic carbocycles. The van der Waals surface area contributed by atoms with Crippen LogP contribution in [0.2, 0.25) is 0 Å². The normalized spacial score (nSPS) is 19.2. The zero-order chi connectivity index (χ0) is 14.5. The summed E-state index contributed by atoms with van der Waals surface area (Å²) in [4.78, 5) is 16.6. The second-order valence-corrected chi connectivity index (χ2v) is 6.61. The molecule has 0 spiro atoms. The van der Waals surface area contributed by atoms with Gasteiger partial charge in [0.15, 0.2) is 0 Å². The van der Waals surface area contributed by atoms with Crippen LogP contribution in [0.25, 0.3) is 0 Å². The molecule has 1 amide bonds. The fourth-order valence-corrected chi connectivity index (χ4v) is 3.65. The average molecular weight is 289 g/mol. The van der Waals surface area contributed by atoms with E-state index in [2.05, 4.69) is 21.1 Å². The third kappa shape index (κ3) is 4.08. The number of nitrogens with one attached hydrogen (secondary N) is 1. The van der Waals surface area contributed by atoms with Crippen molar-refractivity contribution in [3.8, 4) is 0 Å². The van der Waals surface area contributed by atoms with Crippen molar-refractivity contribution in [2.45, 2.75) is 70.8 Å². The quantitative estimate of drug-likeness (QED) is 0.906. The van der Waals surface area contributed by atoms with E-state index in [9.17, 15) is 4.79 Å². The maximum Gasteiger partial charge on any atom is 0.220 e. The Kier molecular flexibility index (Phi) is 4.94. The smallest absolute Gasteiger partial charge is 0.220 e. The van der Waals surface area contributed by atoms with Gasteiger partial charge in [0, 0.05) is 38.5 Å². The van der Waals surface area contributed by atoms with Crippen molar-refractivity contribution in [1.29, 1.82) is 0 Å². The lowest BCUT2D eigenvalue weighted by Crippen LogP contribution is -2.28. The lowest BCUT2D eigenvalue weighted by atomic mass is 9.87. The van der Waals surface area contributed by atoms with Gasteiger partial charge in [-0.15, -0.1) is 0 Å². The fourth-order valence-electron chi connectivity index (χ4n) is 3.65. The summed E-state index contributed by atoms with van der Waals surface area (Å²) in [5.74, 6) is 2.08. The second kappa shape index (κ2) is 7.10. The summed E-state index contributed by atoms with van der Waals surface area (Å²) in [6.07, 6.45) is 13.8. The van der Waals surface area contributed by atoms with Crippen LogP contribution in [-0.4, -0.2) is 22.0 Å². The Labute approximate surface area is 127 Å². The summed E-state index contributed by atoms with van der Waals surface area (Å²) >= 11 is 0. The minimum atomic E-state index is 0.228. The Hall–Kier alpha value is -1.32. The van der Waals surface area contributed by atoms with Crippen LogP contribution in [-0.2, 0) is 24.2 Å². The van der Waals surface area contributed by atoms with Crippen LogP contribution in [0.5, 0.6) is 0 Å². The molecule has 1 aliphatic heterocycles. The second-order valence-electron chi connectivity index (χ2n) is 6.61. The Bertz CT molecular complexity index is 451. The van der Waals surface area contributed by atoms with Crippen LogP contribution in [0, 0.1) is 5.92 Å². The molecule has 1 aromatic heterocycles. The van der Waals surface area contributed by atoms with Crippen molar-refractivity contribution in [3.63, 3.8) is 0 Å². The van der Waals surface area contributed by atoms with Gasteiger partial charge in [-0.05, 0) is 31.6 Å². The third-order valence-electron chi connectivity index (χ3n) is 4.86. The van der Waals surface area contributed by atoms with E-state index in [1.165, 1.54) is 50.8 Å². The van der Waals surface area contributed by atoms with Gasteiger partial charge in [0.2, 0.25) is 5.91 Å². The highest BCUT2D eigenvalue weighted by atomic mass is 16.1. The van der Waals surface area contributed by atoms with Crippen LogP contribution < -0.4 is 5.32 Å². The number of hydrogen-bond acceptors (Lipinski definition) is 2. The van der Waals surface area contributed by atoms with E-state index >= 15 is 0 Å². The maximum absolute atomic E-state index is 12.0. The van der Waals surface area contributed by atoms with Gasteiger partial charge in [0.1, 0.15) is 5.82 Å². The largest absolute Gasteiger partial charge is 0.356 e. The number of aromatic nitrogens is 2. The number of carbonyl (C=O) groups is 1. The molecule has 1 fully saturated rings. The molecule has 21 heavy (non-hydrogen) atoms. The number of imidazole rings is 1.